The number of phenols is 1. The van der Waals surface area contributed by atoms with E-state index >= 15 is 0 Å². The fraction of sp³-hybridized carbons (Fsp3) is 0.500. The number of hydrogen-bond acceptors (Lipinski definition) is 6. The second-order valence-electron chi connectivity index (χ2n) is 11.2. The predicted molar refractivity (Wildman–Crippen MR) is 158 cm³/mol. The van der Waals surface area contributed by atoms with E-state index in [4.69, 9.17) is 4.74 Å². The summed E-state index contributed by atoms with van der Waals surface area (Å²) in [6, 6.07) is 11.8. The largest absolute Gasteiger partial charge is 0.508 e. The van der Waals surface area contributed by atoms with E-state index in [0.29, 0.717) is 29.8 Å². The van der Waals surface area contributed by atoms with Crippen LogP contribution >= 0.6 is 11.8 Å². The maximum Gasteiger partial charge on any atom is 0.408 e. The van der Waals surface area contributed by atoms with Gasteiger partial charge in [-0.25, -0.2) is 4.79 Å². The number of aryl methyl sites for hydroxylation is 1. The number of rotatable bonds is 11. The summed E-state index contributed by atoms with van der Waals surface area (Å²) in [6.45, 7) is 12.9. The lowest BCUT2D eigenvalue weighted by molar-refractivity contribution is -0.147. The number of ether oxygens (including phenoxy) is 1. The number of benzene rings is 2. The third-order valence-electron chi connectivity index (χ3n) is 6.45. The summed E-state index contributed by atoms with van der Waals surface area (Å²) in [5.41, 5.74) is 0.426. The molecule has 0 saturated heterocycles. The lowest BCUT2D eigenvalue weighted by atomic mass is 9.91. The van der Waals surface area contributed by atoms with E-state index in [1.54, 1.807) is 50.7 Å². The van der Waals surface area contributed by atoms with Crippen molar-refractivity contribution in [1.82, 2.24) is 10.2 Å². The molecule has 2 rings (SSSR count). The molecule has 2 aromatic rings. The van der Waals surface area contributed by atoms with Gasteiger partial charge in [-0.3, -0.25) is 9.59 Å². The molecule has 9 heteroatoms. The Morgan fingerprint density at radius 1 is 1.05 bits per heavy atom. The van der Waals surface area contributed by atoms with Crippen molar-refractivity contribution >= 4 is 35.4 Å². The Bertz CT molecular complexity index is 1150. The van der Waals surface area contributed by atoms with E-state index in [1.807, 2.05) is 52.1 Å². The number of nitrogens with one attached hydrogen (secondary N) is 2. The molecule has 3 amide bonds. The Hall–Kier alpha value is -3.20. The number of carbonyl (C=O) groups is 3. The van der Waals surface area contributed by atoms with Crippen LogP contribution in [0.4, 0.5) is 10.5 Å². The predicted octanol–water partition coefficient (Wildman–Crippen LogP) is 6.04. The van der Waals surface area contributed by atoms with Crippen molar-refractivity contribution in [2.75, 3.05) is 17.3 Å². The zero-order valence-electron chi connectivity index (χ0n) is 24.3. The molecule has 0 aliphatic carbocycles. The zero-order valence-corrected chi connectivity index (χ0v) is 25.1. The molecule has 2 atom stereocenters. The number of amides is 3. The second kappa shape index (κ2) is 13.7. The summed E-state index contributed by atoms with van der Waals surface area (Å²) < 4.78 is 5.45. The zero-order chi connectivity index (χ0) is 29.4. The van der Waals surface area contributed by atoms with Gasteiger partial charge < -0.3 is 25.4 Å². The van der Waals surface area contributed by atoms with Crippen LogP contribution in [0.25, 0.3) is 0 Å². The number of aromatic hydroxyl groups is 1. The Morgan fingerprint density at radius 2 is 1.72 bits per heavy atom. The minimum atomic E-state index is -1.09. The van der Waals surface area contributed by atoms with Gasteiger partial charge in [0.1, 0.15) is 23.4 Å². The first-order chi connectivity index (χ1) is 18.2. The van der Waals surface area contributed by atoms with E-state index in [9.17, 15) is 19.5 Å². The molecule has 0 aliphatic rings. The van der Waals surface area contributed by atoms with Crippen LogP contribution in [0.3, 0.4) is 0 Å². The highest BCUT2D eigenvalue weighted by molar-refractivity contribution is 7.98. The van der Waals surface area contributed by atoms with Crippen LogP contribution in [0.5, 0.6) is 5.75 Å². The summed E-state index contributed by atoms with van der Waals surface area (Å²) in [7, 11) is 0. The Labute approximate surface area is 236 Å². The van der Waals surface area contributed by atoms with Crippen LogP contribution < -0.4 is 10.6 Å². The van der Waals surface area contributed by atoms with Crippen LogP contribution in [-0.2, 0) is 14.3 Å². The topological polar surface area (TPSA) is 108 Å². The number of para-hydroxylation sites is 1. The van der Waals surface area contributed by atoms with Gasteiger partial charge in [-0.15, -0.1) is 0 Å². The molecule has 0 heterocycles. The average molecular weight is 558 g/mol. The minimum absolute atomic E-state index is 0.0197. The molecule has 0 aromatic heterocycles. The van der Waals surface area contributed by atoms with E-state index in [-0.39, 0.29) is 5.75 Å². The molecule has 3 N–H and O–H groups in total. The van der Waals surface area contributed by atoms with Gasteiger partial charge >= 0.3 is 6.09 Å². The first-order valence-corrected chi connectivity index (χ1v) is 14.6. The van der Waals surface area contributed by atoms with Gasteiger partial charge in [0.2, 0.25) is 5.91 Å². The Kier molecular flexibility index (Phi) is 11.3. The highest BCUT2D eigenvalue weighted by Crippen LogP contribution is 2.34. The molecule has 8 nitrogen and oxygen atoms in total. The van der Waals surface area contributed by atoms with Gasteiger partial charge in [-0.2, -0.15) is 11.8 Å². The van der Waals surface area contributed by atoms with Crippen LogP contribution in [-0.4, -0.2) is 57.1 Å². The van der Waals surface area contributed by atoms with Crippen LogP contribution in [0, 0.1) is 6.92 Å². The fourth-order valence-corrected chi connectivity index (χ4v) is 4.55. The number of phenolic OH excluding ortho intramolecular Hbond substituents is 1. The lowest BCUT2D eigenvalue weighted by Crippen LogP contribution is -2.59. The number of alkyl carbamates (subject to hydrolysis) is 1. The summed E-state index contributed by atoms with van der Waals surface area (Å²) in [6.07, 6.45) is 2.11. The molecule has 2 aromatic carbocycles. The molecule has 0 saturated carbocycles. The van der Waals surface area contributed by atoms with Crippen molar-refractivity contribution in [3.05, 3.63) is 59.7 Å². The molecule has 2 unspecified atom stereocenters. The first-order valence-electron chi connectivity index (χ1n) is 13.2. The van der Waals surface area contributed by atoms with Gasteiger partial charge in [-0.1, -0.05) is 37.3 Å². The number of nitrogens with zero attached hydrogens (tertiary/aromatic N) is 1. The van der Waals surface area contributed by atoms with Crippen molar-refractivity contribution in [1.29, 1.82) is 0 Å². The number of hydrogen-bond donors (Lipinski definition) is 3. The van der Waals surface area contributed by atoms with Crippen molar-refractivity contribution < 1.29 is 24.2 Å². The highest BCUT2D eigenvalue weighted by Gasteiger charge is 2.43. The summed E-state index contributed by atoms with van der Waals surface area (Å²) in [5, 5.41) is 16.0. The van der Waals surface area contributed by atoms with Crippen LogP contribution in [0.2, 0.25) is 0 Å². The molecular weight excluding hydrogens is 514 g/mol. The number of anilines is 1. The number of carbonyl (C=O) groups excluding carboxylic acids is 3. The quantitative estimate of drug-likeness (QED) is 0.311. The third-order valence-corrected chi connectivity index (χ3v) is 7.09. The van der Waals surface area contributed by atoms with Crippen LogP contribution in [0.15, 0.2) is 48.5 Å². The molecule has 39 heavy (non-hydrogen) atoms. The maximum atomic E-state index is 14.4. The molecule has 0 radical (unpaired) electrons. The Balaban J connectivity index is 2.63. The highest BCUT2D eigenvalue weighted by atomic mass is 32.2. The van der Waals surface area contributed by atoms with E-state index in [0.717, 1.165) is 5.56 Å². The second-order valence-corrected chi connectivity index (χ2v) is 12.1. The molecular formula is C30H43N3O5S. The SMILES string of the molecule is CCC(C)(C)N(C(=O)C(CCSC)NC(=O)OC(C)(C)C)C(C(=O)Nc1ccccc1C)c1cccc(O)c1. The summed E-state index contributed by atoms with van der Waals surface area (Å²) >= 11 is 1.55. The van der Waals surface area contributed by atoms with Crippen molar-refractivity contribution in [3.8, 4) is 5.75 Å². The fourth-order valence-electron chi connectivity index (χ4n) is 4.08. The van der Waals surface area contributed by atoms with Crippen molar-refractivity contribution in [2.24, 2.45) is 0 Å². The molecule has 0 aliphatic heterocycles. The third kappa shape index (κ3) is 9.20. The molecule has 214 valence electrons. The first kappa shape index (κ1) is 32.0. The maximum absolute atomic E-state index is 14.4. The normalized spacial score (nSPS) is 13.2. The summed E-state index contributed by atoms with van der Waals surface area (Å²) in [4.78, 5) is 42.7. The number of thioether (sulfide) groups is 1. The smallest absolute Gasteiger partial charge is 0.408 e. The standard InChI is InChI=1S/C30H43N3O5S/c1-9-30(6,7)33(27(36)24(17-18-39-8)32-28(37)38-29(3,4)5)25(21-14-12-15-22(34)19-21)26(35)31-23-16-11-10-13-20(23)2/h10-16,19,24-25,34H,9,17-18H2,1-8H3,(H,31,35)(H,32,37). The average Bonchev–Trinajstić information content (AvgIpc) is 2.84. The van der Waals surface area contributed by atoms with Gasteiger partial charge in [0.25, 0.3) is 5.91 Å². The van der Waals surface area contributed by atoms with Gasteiger partial charge in [0, 0.05) is 11.2 Å². The van der Waals surface area contributed by atoms with Crippen molar-refractivity contribution in [2.45, 2.75) is 84.5 Å². The van der Waals surface area contributed by atoms with Crippen molar-refractivity contribution in [3.63, 3.8) is 0 Å². The van der Waals surface area contributed by atoms with E-state index < -0.39 is 41.1 Å². The van der Waals surface area contributed by atoms with Gasteiger partial charge in [0.15, 0.2) is 0 Å². The Morgan fingerprint density at radius 3 is 2.28 bits per heavy atom. The summed E-state index contributed by atoms with van der Waals surface area (Å²) in [5.74, 6) is -0.242. The van der Waals surface area contributed by atoms with E-state index in [2.05, 4.69) is 10.6 Å². The monoisotopic (exact) mass is 557 g/mol. The lowest BCUT2D eigenvalue weighted by Gasteiger charge is -2.44. The molecule has 0 fully saturated rings. The molecule has 0 bridgehead atoms. The van der Waals surface area contributed by atoms with Crippen LogP contribution in [0.1, 0.15) is 71.6 Å². The minimum Gasteiger partial charge on any atom is -0.508 e. The van der Waals surface area contributed by atoms with E-state index in [1.165, 1.54) is 17.0 Å². The van der Waals surface area contributed by atoms with Gasteiger partial charge in [0.05, 0.1) is 0 Å². The van der Waals surface area contributed by atoms with Gasteiger partial charge in [-0.05, 0) is 95.7 Å². The molecule has 0 spiro atoms.